The molecule has 0 saturated carbocycles. The Balaban J connectivity index is 2.23. The van der Waals surface area contributed by atoms with Crippen molar-refractivity contribution in [3.63, 3.8) is 0 Å². The van der Waals surface area contributed by atoms with Crippen LogP contribution in [0.3, 0.4) is 0 Å². The zero-order valence-electron chi connectivity index (χ0n) is 8.30. The lowest BCUT2D eigenvalue weighted by molar-refractivity contribution is -0.187. The summed E-state index contributed by atoms with van der Waals surface area (Å²) in [5.41, 5.74) is 0.376. The van der Waals surface area contributed by atoms with Crippen LogP contribution in [0.1, 0.15) is 18.1 Å². The molecule has 1 aliphatic rings. The van der Waals surface area contributed by atoms with Crippen molar-refractivity contribution < 1.29 is 22.3 Å². The van der Waals surface area contributed by atoms with Crippen LogP contribution in [-0.4, -0.2) is 12.8 Å². The van der Waals surface area contributed by atoms with Gasteiger partial charge in [-0.1, -0.05) is 12.1 Å². The van der Waals surface area contributed by atoms with Gasteiger partial charge in [-0.25, -0.2) is 4.39 Å². The van der Waals surface area contributed by atoms with Gasteiger partial charge in [-0.05, 0) is 24.1 Å². The van der Waals surface area contributed by atoms with E-state index in [0.717, 1.165) is 12.1 Å². The van der Waals surface area contributed by atoms with Crippen LogP contribution in [0.25, 0.3) is 0 Å². The number of halogens is 4. The standard InChI is InChI=1S/C11H10F4O/c12-8-3-1-7(2-4-8)10-9(5-6-16-10)11(13,14)15/h1-4,9-10H,5-6H2/t9-,10-/m1/s1. The lowest BCUT2D eigenvalue weighted by Crippen LogP contribution is -2.25. The summed E-state index contributed by atoms with van der Waals surface area (Å²) in [4.78, 5) is 0. The van der Waals surface area contributed by atoms with Crippen molar-refractivity contribution in [3.8, 4) is 0 Å². The first-order valence-corrected chi connectivity index (χ1v) is 4.92. The molecule has 0 spiro atoms. The van der Waals surface area contributed by atoms with Crippen LogP contribution in [0.4, 0.5) is 17.6 Å². The SMILES string of the molecule is Fc1ccc([C@H]2OCC[C@H]2C(F)(F)F)cc1. The van der Waals surface area contributed by atoms with Crippen LogP contribution in [0.2, 0.25) is 0 Å². The monoisotopic (exact) mass is 234 g/mol. The van der Waals surface area contributed by atoms with Gasteiger partial charge in [0, 0.05) is 6.61 Å². The Bertz CT molecular complexity index is 357. The molecule has 0 aromatic heterocycles. The fourth-order valence-electron chi connectivity index (χ4n) is 1.91. The fraction of sp³-hybridized carbons (Fsp3) is 0.455. The van der Waals surface area contributed by atoms with Crippen LogP contribution in [-0.2, 0) is 4.74 Å². The lowest BCUT2D eigenvalue weighted by Gasteiger charge is -2.21. The van der Waals surface area contributed by atoms with Gasteiger partial charge < -0.3 is 4.74 Å². The van der Waals surface area contributed by atoms with E-state index >= 15 is 0 Å². The van der Waals surface area contributed by atoms with Crippen molar-refractivity contribution in [1.82, 2.24) is 0 Å². The molecule has 2 atom stereocenters. The summed E-state index contributed by atoms with van der Waals surface area (Å²) in [6.45, 7) is 0.0895. The third-order valence-corrected chi connectivity index (χ3v) is 2.71. The highest BCUT2D eigenvalue weighted by atomic mass is 19.4. The molecule has 1 aromatic rings. The number of alkyl halides is 3. The van der Waals surface area contributed by atoms with Gasteiger partial charge in [-0.3, -0.25) is 0 Å². The van der Waals surface area contributed by atoms with Crippen LogP contribution >= 0.6 is 0 Å². The smallest absolute Gasteiger partial charge is 0.373 e. The number of hydrogen-bond donors (Lipinski definition) is 0. The molecule has 1 nitrogen and oxygen atoms in total. The normalized spacial score (nSPS) is 26.0. The maximum Gasteiger partial charge on any atom is 0.394 e. The molecule has 1 aromatic carbocycles. The Kier molecular flexibility index (Phi) is 2.88. The second-order valence-electron chi connectivity index (χ2n) is 3.78. The molecule has 1 aliphatic heterocycles. The van der Waals surface area contributed by atoms with Crippen molar-refractivity contribution in [2.75, 3.05) is 6.61 Å². The summed E-state index contributed by atoms with van der Waals surface area (Å²) >= 11 is 0. The molecule has 88 valence electrons. The topological polar surface area (TPSA) is 9.23 Å². The Morgan fingerprint density at radius 1 is 1.12 bits per heavy atom. The second-order valence-corrected chi connectivity index (χ2v) is 3.78. The zero-order chi connectivity index (χ0) is 11.8. The van der Waals surface area contributed by atoms with Gasteiger partial charge in [-0.2, -0.15) is 13.2 Å². The molecule has 0 unspecified atom stereocenters. The first-order valence-electron chi connectivity index (χ1n) is 4.92. The summed E-state index contributed by atoms with van der Waals surface area (Å²) in [5, 5.41) is 0. The van der Waals surface area contributed by atoms with Crippen molar-refractivity contribution in [2.45, 2.75) is 18.7 Å². The van der Waals surface area contributed by atoms with Gasteiger partial charge in [-0.15, -0.1) is 0 Å². The predicted molar refractivity (Wildman–Crippen MR) is 49.3 cm³/mol. The van der Waals surface area contributed by atoms with Gasteiger partial charge in [0.1, 0.15) is 5.82 Å². The van der Waals surface area contributed by atoms with Crippen molar-refractivity contribution >= 4 is 0 Å². The Labute approximate surface area is 90.0 Å². The quantitative estimate of drug-likeness (QED) is 0.676. The molecule has 1 saturated heterocycles. The molecule has 5 heteroatoms. The Morgan fingerprint density at radius 3 is 2.31 bits per heavy atom. The molecular formula is C11H10F4O. The Hall–Kier alpha value is -1.10. The van der Waals surface area contributed by atoms with Crippen molar-refractivity contribution in [1.29, 1.82) is 0 Å². The summed E-state index contributed by atoms with van der Waals surface area (Å²) < 4.78 is 55.6. The lowest BCUT2D eigenvalue weighted by atomic mass is 9.95. The van der Waals surface area contributed by atoms with Crippen LogP contribution in [0.5, 0.6) is 0 Å². The molecule has 0 aliphatic carbocycles. The first-order chi connectivity index (χ1) is 7.48. The fourth-order valence-corrected chi connectivity index (χ4v) is 1.91. The van der Waals surface area contributed by atoms with E-state index in [9.17, 15) is 17.6 Å². The summed E-state index contributed by atoms with van der Waals surface area (Å²) in [7, 11) is 0. The third-order valence-electron chi connectivity index (χ3n) is 2.71. The molecule has 16 heavy (non-hydrogen) atoms. The van der Waals surface area contributed by atoms with E-state index in [2.05, 4.69) is 0 Å². The molecule has 1 fully saturated rings. The number of benzene rings is 1. The number of hydrogen-bond acceptors (Lipinski definition) is 1. The van der Waals surface area contributed by atoms with Gasteiger partial charge in [0.15, 0.2) is 0 Å². The molecule has 0 amide bonds. The summed E-state index contributed by atoms with van der Waals surface area (Å²) in [5.74, 6) is -1.96. The minimum atomic E-state index is -4.27. The zero-order valence-corrected chi connectivity index (χ0v) is 8.30. The highest BCUT2D eigenvalue weighted by molar-refractivity contribution is 5.20. The van der Waals surface area contributed by atoms with E-state index in [0.29, 0.717) is 5.56 Å². The van der Waals surface area contributed by atoms with Crippen molar-refractivity contribution in [3.05, 3.63) is 35.6 Å². The van der Waals surface area contributed by atoms with Crippen molar-refractivity contribution in [2.24, 2.45) is 5.92 Å². The van der Waals surface area contributed by atoms with E-state index in [1.54, 1.807) is 0 Å². The van der Waals surface area contributed by atoms with E-state index in [-0.39, 0.29) is 13.0 Å². The van der Waals surface area contributed by atoms with Gasteiger partial charge in [0.2, 0.25) is 0 Å². The summed E-state index contributed by atoms with van der Waals surface area (Å²) in [6.07, 6.45) is -5.30. The number of ether oxygens (including phenoxy) is 1. The van der Waals surface area contributed by atoms with Crippen LogP contribution in [0.15, 0.2) is 24.3 Å². The highest BCUT2D eigenvalue weighted by Gasteiger charge is 2.48. The number of rotatable bonds is 1. The molecule has 0 N–H and O–H groups in total. The van der Waals surface area contributed by atoms with E-state index < -0.39 is 24.0 Å². The summed E-state index contributed by atoms with van der Waals surface area (Å²) in [6, 6.07) is 4.96. The maximum atomic E-state index is 12.6. The van der Waals surface area contributed by atoms with E-state index in [4.69, 9.17) is 4.74 Å². The van der Waals surface area contributed by atoms with E-state index in [1.807, 2.05) is 0 Å². The molecule has 0 radical (unpaired) electrons. The van der Waals surface area contributed by atoms with Crippen LogP contribution in [0, 0.1) is 11.7 Å². The molecule has 0 bridgehead atoms. The molecule has 2 rings (SSSR count). The minimum Gasteiger partial charge on any atom is -0.373 e. The highest BCUT2D eigenvalue weighted by Crippen LogP contribution is 2.44. The Morgan fingerprint density at radius 2 is 1.75 bits per heavy atom. The van der Waals surface area contributed by atoms with Crippen LogP contribution < -0.4 is 0 Å². The average molecular weight is 234 g/mol. The van der Waals surface area contributed by atoms with Gasteiger partial charge in [0.05, 0.1) is 12.0 Å². The molecular weight excluding hydrogens is 224 g/mol. The largest absolute Gasteiger partial charge is 0.394 e. The van der Waals surface area contributed by atoms with Gasteiger partial charge >= 0.3 is 6.18 Å². The third kappa shape index (κ3) is 2.19. The minimum absolute atomic E-state index is 0.0362. The van der Waals surface area contributed by atoms with E-state index in [1.165, 1.54) is 12.1 Å². The predicted octanol–water partition coefficient (Wildman–Crippen LogP) is 3.47. The molecule has 1 heterocycles. The first kappa shape index (κ1) is 11.4. The second kappa shape index (κ2) is 4.05. The maximum absolute atomic E-state index is 12.6. The van der Waals surface area contributed by atoms with Gasteiger partial charge in [0.25, 0.3) is 0 Å². The average Bonchev–Trinajstić information content (AvgIpc) is 2.66.